The number of hydrogen-bond acceptors (Lipinski definition) is 0. The molecule has 0 nitrogen and oxygen atoms in total. The molecule has 0 heteroatoms. The molecule has 0 aromatic carbocycles. The Kier molecular flexibility index (Phi) is 5.78. The van der Waals surface area contributed by atoms with Crippen molar-refractivity contribution in [3.63, 3.8) is 0 Å². The molecule has 86 valence electrons. The van der Waals surface area contributed by atoms with Crippen molar-refractivity contribution in [2.45, 2.75) is 67.7 Å². The fourth-order valence-electron chi connectivity index (χ4n) is 2.15. The molecular formula is C14H30. The van der Waals surface area contributed by atoms with Crippen molar-refractivity contribution in [2.75, 3.05) is 0 Å². The van der Waals surface area contributed by atoms with E-state index in [9.17, 15) is 0 Å². The van der Waals surface area contributed by atoms with Gasteiger partial charge in [-0.3, -0.25) is 0 Å². The van der Waals surface area contributed by atoms with Crippen LogP contribution in [0.4, 0.5) is 0 Å². The Balaban J connectivity index is 4.30. The SMILES string of the molecule is CCC(C)(CCC(C)C)C(C)C(C)C. The lowest BCUT2D eigenvalue weighted by molar-refractivity contribution is 0.123. The number of rotatable bonds is 6. The first kappa shape index (κ1) is 14.0. The molecule has 0 heterocycles. The molecular weight excluding hydrogens is 168 g/mol. The first-order valence-electron chi connectivity index (χ1n) is 6.33. The zero-order valence-electron chi connectivity index (χ0n) is 11.4. The van der Waals surface area contributed by atoms with E-state index in [0.29, 0.717) is 5.41 Å². The quantitative estimate of drug-likeness (QED) is 0.555. The molecule has 0 N–H and O–H groups in total. The van der Waals surface area contributed by atoms with E-state index in [0.717, 1.165) is 17.8 Å². The van der Waals surface area contributed by atoms with Gasteiger partial charge in [-0.05, 0) is 29.6 Å². The summed E-state index contributed by atoms with van der Waals surface area (Å²) in [5, 5.41) is 0. The minimum absolute atomic E-state index is 0.554. The summed E-state index contributed by atoms with van der Waals surface area (Å²) in [6.45, 7) is 16.6. The number of hydrogen-bond donors (Lipinski definition) is 0. The molecule has 0 saturated heterocycles. The fraction of sp³-hybridized carbons (Fsp3) is 1.00. The lowest BCUT2D eigenvalue weighted by Gasteiger charge is -2.38. The molecule has 2 unspecified atom stereocenters. The van der Waals surface area contributed by atoms with Crippen molar-refractivity contribution in [1.29, 1.82) is 0 Å². The Bertz CT molecular complexity index is 146. The summed E-state index contributed by atoms with van der Waals surface area (Å²) in [4.78, 5) is 0. The van der Waals surface area contributed by atoms with E-state index in [-0.39, 0.29) is 0 Å². The predicted octanol–water partition coefficient (Wildman–Crippen LogP) is 5.13. The molecule has 14 heavy (non-hydrogen) atoms. The summed E-state index contributed by atoms with van der Waals surface area (Å²) < 4.78 is 0. The molecule has 0 aromatic rings. The van der Waals surface area contributed by atoms with E-state index in [2.05, 4.69) is 48.5 Å². The van der Waals surface area contributed by atoms with Gasteiger partial charge >= 0.3 is 0 Å². The molecule has 0 saturated carbocycles. The summed E-state index contributed by atoms with van der Waals surface area (Å²) in [6.07, 6.45) is 4.08. The predicted molar refractivity (Wildman–Crippen MR) is 66.5 cm³/mol. The average Bonchev–Trinajstić information content (AvgIpc) is 2.12. The van der Waals surface area contributed by atoms with Crippen LogP contribution >= 0.6 is 0 Å². The van der Waals surface area contributed by atoms with Crippen molar-refractivity contribution in [2.24, 2.45) is 23.2 Å². The molecule has 0 spiro atoms. The molecule has 0 aliphatic rings. The van der Waals surface area contributed by atoms with Crippen molar-refractivity contribution in [1.82, 2.24) is 0 Å². The molecule has 0 aliphatic heterocycles. The van der Waals surface area contributed by atoms with Gasteiger partial charge in [0.25, 0.3) is 0 Å². The largest absolute Gasteiger partial charge is 0.0649 e. The molecule has 2 atom stereocenters. The summed E-state index contributed by atoms with van der Waals surface area (Å²) in [5.41, 5.74) is 0.554. The van der Waals surface area contributed by atoms with Crippen LogP contribution in [0.3, 0.4) is 0 Å². The third kappa shape index (κ3) is 4.02. The molecule has 0 rings (SSSR count). The highest BCUT2D eigenvalue weighted by Gasteiger charge is 2.30. The summed E-state index contributed by atoms with van der Waals surface area (Å²) in [5.74, 6) is 2.50. The van der Waals surface area contributed by atoms with E-state index in [1.54, 1.807) is 0 Å². The highest BCUT2D eigenvalue weighted by molar-refractivity contribution is 4.80. The van der Waals surface area contributed by atoms with Gasteiger partial charge in [0.1, 0.15) is 0 Å². The van der Waals surface area contributed by atoms with Crippen LogP contribution in [-0.2, 0) is 0 Å². The minimum Gasteiger partial charge on any atom is -0.0649 e. The monoisotopic (exact) mass is 198 g/mol. The van der Waals surface area contributed by atoms with Crippen LogP contribution in [0.5, 0.6) is 0 Å². The van der Waals surface area contributed by atoms with Crippen LogP contribution in [0.1, 0.15) is 67.7 Å². The average molecular weight is 198 g/mol. The zero-order valence-corrected chi connectivity index (χ0v) is 11.4. The second kappa shape index (κ2) is 5.78. The first-order valence-corrected chi connectivity index (χ1v) is 6.33. The maximum Gasteiger partial charge on any atom is -0.0300 e. The van der Waals surface area contributed by atoms with E-state index in [1.807, 2.05) is 0 Å². The topological polar surface area (TPSA) is 0 Å². The smallest absolute Gasteiger partial charge is 0.0300 e. The van der Waals surface area contributed by atoms with E-state index in [1.165, 1.54) is 19.3 Å². The van der Waals surface area contributed by atoms with Crippen LogP contribution in [0, 0.1) is 23.2 Å². The van der Waals surface area contributed by atoms with Gasteiger partial charge < -0.3 is 0 Å². The fourth-order valence-corrected chi connectivity index (χ4v) is 2.15. The molecule has 0 radical (unpaired) electrons. The molecule has 0 bridgehead atoms. The molecule has 0 amide bonds. The van der Waals surface area contributed by atoms with Crippen molar-refractivity contribution in [3.8, 4) is 0 Å². The van der Waals surface area contributed by atoms with Crippen LogP contribution < -0.4 is 0 Å². The van der Waals surface area contributed by atoms with E-state index in [4.69, 9.17) is 0 Å². The van der Waals surface area contributed by atoms with Crippen LogP contribution in [0.15, 0.2) is 0 Å². The highest BCUT2D eigenvalue weighted by atomic mass is 14.4. The maximum absolute atomic E-state index is 2.47. The molecule has 0 aromatic heterocycles. The van der Waals surface area contributed by atoms with Gasteiger partial charge in [0.05, 0.1) is 0 Å². The lowest BCUT2D eigenvalue weighted by atomic mass is 9.67. The second-order valence-electron chi connectivity index (χ2n) is 5.97. The van der Waals surface area contributed by atoms with Gasteiger partial charge in [-0.2, -0.15) is 0 Å². The first-order chi connectivity index (χ1) is 6.33. The molecule has 0 aliphatic carbocycles. The summed E-state index contributed by atoms with van der Waals surface area (Å²) >= 11 is 0. The van der Waals surface area contributed by atoms with Crippen molar-refractivity contribution < 1.29 is 0 Å². The zero-order chi connectivity index (χ0) is 11.4. The second-order valence-corrected chi connectivity index (χ2v) is 5.97. The van der Waals surface area contributed by atoms with Gasteiger partial charge in [-0.1, -0.05) is 61.3 Å². The Morgan fingerprint density at radius 2 is 1.50 bits per heavy atom. The van der Waals surface area contributed by atoms with Crippen molar-refractivity contribution in [3.05, 3.63) is 0 Å². The van der Waals surface area contributed by atoms with Gasteiger partial charge in [0.2, 0.25) is 0 Å². The Labute approximate surface area is 91.5 Å². The van der Waals surface area contributed by atoms with Crippen molar-refractivity contribution >= 4 is 0 Å². The van der Waals surface area contributed by atoms with Gasteiger partial charge in [0, 0.05) is 0 Å². The van der Waals surface area contributed by atoms with Crippen LogP contribution in [0.25, 0.3) is 0 Å². The van der Waals surface area contributed by atoms with E-state index >= 15 is 0 Å². The normalized spacial score (nSPS) is 18.6. The third-order valence-electron chi connectivity index (χ3n) is 4.20. The standard InChI is InChI=1S/C14H30/c1-8-14(7,10-9-11(2)3)13(6)12(4)5/h11-13H,8-10H2,1-7H3. The van der Waals surface area contributed by atoms with Crippen LogP contribution in [0.2, 0.25) is 0 Å². The van der Waals surface area contributed by atoms with E-state index < -0.39 is 0 Å². The Morgan fingerprint density at radius 1 is 1.00 bits per heavy atom. The summed E-state index contributed by atoms with van der Waals surface area (Å²) in [6, 6.07) is 0. The minimum atomic E-state index is 0.554. The highest BCUT2D eigenvalue weighted by Crippen LogP contribution is 2.40. The maximum atomic E-state index is 2.47. The third-order valence-corrected chi connectivity index (χ3v) is 4.20. The lowest BCUT2D eigenvalue weighted by Crippen LogP contribution is -2.28. The van der Waals surface area contributed by atoms with Crippen LogP contribution in [-0.4, -0.2) is 0 Å². The Morgan fingerprint density at radius 3 is 1.79 bits per heavy atom. The Hall–Kier alpha value is 0. The van der Waals surface area contributed by atoms with Gasteiger partial charge in [-0.25, -0.2) is 0 Å². The van der Waals surface area contributed by atoms with Gasteiger partial charge in [-0.15, -0.1) is 0 Å². The summed E-state index contributed by atoms with van der Waals surface area (Å²) in [7, 11) is 0. The van der Waals surface area contributed by atoms with Gasteiger partial charge in [0.15, 0.2) is 0 Å². The molecule has 0 fully saturated rings.